The molecule has 0 unspecified atom stereocenters. The largest absolute Gasteiger partial charge is 0.457 e. The molecule has 0 bridgehead atoms. The molecule has 2 heterocycles. The number of aryl methyl sites for hydroxylation is 1. The van der Waals surface area contributed by atoms with Gasteiger partial charge in [0, 0.05) is 29.8 Å². The summed E-state index contributed by atoms with van der Waals surface area (Å²) in [6.07, 6.45) is 5.54. The Bertz CT molecular complexity index is 1050. The second-order valence-corrected chi connectivity index (χ2v) is 7.61. The van der Waals surface area contributed by atoms with Gasteiger partial charge in [-0.1, -0.05) is 35.9 Å². The standard InChI is InChI=1S/C24H23ClN2O2/c1-17-8-9-18(16-20(17)25)23-12-10-19(29-23)11-13-24(28)26-21-6-2-3-7-22(21)27-14-4-5-15-27/h2-3,6-13,16H,4-5,14-15H2,1H3,(H,26,28). The summed E-state index contributed by atoms with van der Waals surface area (Å²) in [5, 5.41) is 3.68. The molecular formula is C24H23ClN2O2. The molecule has 0 atom stereocenters. The van der Waals surface area contributed by atoms with Gasteiger partial charge in [0.25, 0.3) is 0 Å². The molecule has 3 aromatic rings. The maximum absolute atomic E-state index is 12.4. The molecule has 4 rings (SSSR count). The van der Waals surface area contributed by atoms with Gasteiger partial charge in [-0.25, -0.2) is 0 Å². The SMILES string of the molecule is Cc1ccc(-c2ccc(C=CC(=O)Nc3ccccc3N3CCCC3)o2)cc1Cl. The number of benzene rings is 2. The number of hydrogen-bond acceptors (Lipinski definition) is 3. The second kappa shape index (κ2) is 8.58. The Hall–Kier alpha value is -2.98. The van der Waals surface area contributed by atoms with Crippen LogP contribution >= 0.6 is 11.6 Å². The van der Waals surface area contributed by atoms with Gasteiger partial charge in [0.1, 0.15) is 11.5 Å². The topological polar surface area (TPSA) is 45.5 Å². The van der Waals surface area contributed by atoms with Crippen LogP contribution in [0.25, 0.3) is 17.4 Å². The molecule has 1 aromatic heterocycles. The van der Waals surface area contributed by atoms with Crippen LogP contribution in [0.1, 0.15) is 24.2 Å². The summed E-state index contributed by atoms with van der Waals surface area (Å²) in [6.45, 7) is 4.02. The molecule has 1 aliphatic heterocycles. The normalized spacial score (nSPS) is 13.9. The van der Waals surface area contributed by atoms with E-state index < -0.39 is 0 Å². The van der Waals surface area contributed by atoms with Crippen molar-refractivity contribution < 1.29 is 9.21 Å². The minimum absolute atomic E-state index is 0.187. The summed E-state index contributed by atoms with van der Waals surface area (Å²) in [6, 6.07) is 17.4. The maximum Gasteiger partial charge on any atom is 0.248 e. The van der Waals surface area contributed by atoms with Gasteiger partial charge < -0.3 is 14.6 Å². The van der Waals surface area contributed by atoms with E-state index in [1.54, 1.807) is 6.08 Å². The molecular weight excluding hydrogens is 384 g/mol. The molecule has 1 fully saturated rings. The Kier molecular flexibility index (Phi) is 5.72. The summed E-state index contributed by atoms with van der Waals surface area (Å²) in [5.41, 5.74) is 3.83. The molecule has 1 amide bonds. The Morgan fingerprint density at radius 3 is 2.69 bits per heavy atom. The van der Waals surface area contributed by atoms with Crippen molar-refractivity contribution in [2.24, 2.45) is 0 Å². The summed E-state index contributed by atoms with van der Waals surface area (Å²) in [7, 11) is 0. The van der Waals surface area contributed by atoms with Crippen molar-refractivity contribution in [1.29, 1.82) is 0 Å². The first-order chi connectivity index (χ1) is 14.1. The van der Waals surface area contributed by atoms with Crippen LogP contribution in [0.15, 0.2) is 65.1 Å². The smallest absolute Gasteiger partial charge is 0.248 e. The lowest BCUT2D eigenvalue weighted by Gasteiger charge is -2.21. The van der Waals surface area contributed by atoms with Crippen LogP contribution in [0.3, 0.4) is 0 Å². The molecule has 5 heteroatoms. The molecule has 0 aliphatic carbocycles. The number of rotatable bonds is 5. The molecule has 2 aromatic carbocycles. The van der Waals surface area contributed by atoms with E-state index in [0.717, 1.165) is 35.6 Å². The number of nitrogens with one attached hydrogen (secondary N) is 1. The van der Waals surface area contributed by atoms with Crippen molar-refractivity contribution in [3.8, 4) is 11.3 Å². The summed E-state index contributed by atoms with van der Waals surface area (Å²) in [4.78, 5) is 14.7. The van der Waals surface area contributed by atoms with Crippen molar-refractivity contribution >= 4 is 35.0 Å². The Morgan fingerprint density at radius 1 is 1.10 bits per heavy atom. The van der Waals surface area contributed by atoms with Gasteiger partial charge in [-0.3, -0.25) is 4.79 Å². The Balaban J connectivity index is 1.44. The predicted octanol–water partition coefficient (Wildman–Crippen LogP) is 6.16. The summed E-state index contributed by atoms with van der Waals surface area (Å²) < 4.78 is 5.84. The zero-order valence-corrected chi connectivity index (χ0v) is 17.1. The fourth-order valence-corrected chi connectivity index (χ4v) is 3.67. The van der Waals surface area contributed by atoms with Crippen LogP contribution in [-0.2, 0) is 4.79 Å². The number of carbonyl (C=O) groups is 1. The van der Waals surface area contributed by atoms with Gasteiger partial charge in [0.05, 0.1) is 11.4 Å². The number of carbonyl (C=O) groups excluding carboxylic acids is 1. The zero-order chi connectivity index (χ0) is 20.2. The lowest BCUT2D eigenvalue weighted by atomic mass is 10.1. The first-order valence-corrected chi connectivity index (χ1v) is 10.2. The van der Waals surface area contributed by atoms with Gasteiger partial charge in [-0.15, -0.1) is 0 Å². The van der Waals surface area contributed by atoms with E-state index in [2.05, 4.69) is 16.3 Å². The molecule has 0 saturated carbocycles. The number of amides is 1. The van der Waals surface area contributed by atoms with E-state index in [9.17, 15) is 4.79 Å². The number of para-hydroxylation sites is 2. The Labute approximate surface area is 175 Å². The fourth-order valence-electron chi connectivity index (χ4n) is 3.49. The molecule has 0 spiro atoms. The van der Waals surface area contributed by atoms with E-state index in [1.165, 1.54) is 18.9 Å². The molecule has 0 radical (unpaired) electrons. The zero-order valence-electron chi connectivity index (χ0n) is 16.3. The highest BCUT2D eigenvalue weighted by atomic mass is 35.5. The third-order valence-electron chi connectivity index (χ3n) is 5.09. The number of halogens is 1. The van der Waals surface area contributed by atoms with E-state index >= 15 is 0 Å². The highest BCUT2D eigenvalue weighted by molar-refractivity contribution is 6.31. The number of furan rings is 1. The number of hydrogen-bond donors (Lipinski definition) is 1. The lowest BCUT2D eigenvalue weighted by Crippen LogP contribution is -2.20. The van der Waals surface area contributed by atoms with Crippen molar-refractivity contribution in [2.75, 3.05) is 23.3 Å². The lowest BCUT2D eigenvalue weighted by molar-refractivity contribution is -0.111. The van der Waals surface area contributed by atoms with Crippen molar-refractivity contribution in [3.63, 3.8) is 0 Å². The minimum atomic E-state index is -0.187. The first-order valence-electron chi connectivity index (χ1n) is 9.79. The van der Waals surface area contributed by atoms with Crippen LogP contribution < -0.4 is 10.2 Å². The van der Waals surface area contributed by atoms with E-state index in [-0.39, 0.29) is 5.91 Å². The van der Waals surface area contributed by atoms with Gasteiger partial charge in [0.2, 0.25) is 5.91 Å². The molecule has 4 nitrogen and oxygen atoms in total. The van der Waals surface area contributed by atoms with Crippen molar-refractivity contribution in [1.82, 2.24) is 0 Å². The predicted molar refractivity (Wildman–Crippen MR) is 119 cm³/mol. The number of nitrogens with zero attached hydrogens (tertiary/aromatic N) is 1. The van der Waals surface area contributed by atoms with Crippen molar-refractivity contribution in [2.45, 2.75) is 19.8 Å². The third kappa shape index (κ3) is 4.54. The van der Waals surface area contributed by atoms with Crippen LogP contribution in [0.4, 0.5) is 11.4 Å². The van der Waals surface area contributed by atoms with Gasteiger partial charge >= 0.3 is 0 Å². The van der Waals surface area contributed by atoms with Crippen LogP contribution in [0.2, 0.25) is 5.02 Å². The van der Waals surface area contributed by atoms with Crippen molar-refractivity contribution in [3.05, 3.63) is 77.0 Å². The summed E-state index contributed by atoms with van der Waals surface area (Å²) >= 11 is 6.20. The Morgan fingerprint density at radius 2 is 1.90 bits per heavy atom. The average Bonchev–Trinajstić information content (AvgIpc) is 3.41. The minimum Gasteiger partial charge on any atom is -0.457 e. The van der Waals surface area contributed by atoms with Crippen LogP contribution in [0, 0.1) is 6.92 Å². The quantitative estimate of drug-likeness (QED) is 0.516. The highest BCUT2D eigenvalue weighted by Crippen LogP contribution is 2.29. The first kappa shape index (κ1) is 19.3. The van der Waals surface area contributed by atoms with Crippen LogP contribution in [0.5, 0.6) is 0 Å². The van der Waals surface area contributed by atoms with Gasteiger partial charge in [0.15, 0.2) is 0 Å². The monoisotopic (exact) mass is 406 g/mol. The highest BCUT2D eigenvalue weighted by Gasteiger charge is 2.16. The van der Waals surface area contributed by atoms with Gasteiger partial charge in [-0.2, -0.15) is 0 Å². The van der Waals surface area contributed by atoms with Gasteiger partial charge in [-0.05, 0) is 61.7 Å². The molecule has 29 heavy (non-hydrogen) atoms. The second-order valence-electron chi connectivity index (χ2n) is 7.20. The average molecular weight is 407 g/mol. The molecule has 148 valence electrons. The van der Waals surface area contributed by atoms with E-state index in [4.69, 9.17) is 16.0 Å². The molecule has 1 aliphatic rings. The third-order valence-corrected chi connectivity index (χ3v) is 5.50. The van der Waals surface area contributed by atoms with E-state index in [0.29, 0.717) is 16.5 Å². The maximum atomic E-state index is 12.4. The molecule has 1 saturated heterocycles. The van der Waals surface area contributed by atoms with Crippen LogP contribution in [-0.4, -0.2) is 19.0 Å². The molecule has 1 N–H and O–H groups in total. The number of anilines is 2. The summed E-state index contributed by atoms with van der Waals surface area (Å²) in [5.74, 6) is 1.14. The van der Waals surface area contributed by atoms with E-state index in [1.807, 2.05) is 55.5 Å². The fraction of sp³-hybridized carbons (Fsp3) is 0.208.